The van der Waals surface area contributed by atoms with Crippen molar-refractivity contribution in [2.75, 3.05) is 19.6 Å². The average Bonchev–Trinajstić information content (AvgIpc) is 2.48. The van der Waals surface area contributed by atoms with Gasteiger partial charge in [0.1, 0.15) is 0 Å². The van der Waals surface area contributed by atoms with Gasteiger partial charge in [-0.1, -0.05) is 44.2 Å². The molecule has 0 amide bonds. The topological polar surface area (TPSA) is 15.3 Å². The minimum atomic E-state index is 0.605. The molecule has 0 spiro atoms. The lowest BCUT2D eigenvalue weighted by molar-refractivity contribution is 0.134. The Labute approximate surface area is 130 Å². The van der Waals surface area contributed by atoms with E-state index in [1.165, 1.54) is 44.3 Å². The van der Waals surface area contributed by atoms with E-state index in [0.29, 0.717) is 12.1 Å². The number of piperidine rings is 1. The van der Waals surface area contributed by atoms with Crippen LogP contribution in [0.1, 0.15) is 45.6 Å². The van der Waals surface area contributed by atoms with E-state index in [2.05, 4.69) is 61.3 Å². The van der Waals surface area contributed by atoms with Gasteiger partial charge in [-0.2, -0.15) is 0 Å². The second-order valence-corrected chi connectivity index (χ2v) is 6.92. The van der Waals surface area contributed by atoms with E-state index in [1.807, 2.05) is 0 Å². The molecule has 1 saturated heterocycles. The summed E-state index contributed by atoms with van der Waals surface area (Å²) in [5.74, 6) is 0.879. The first kappa shape index (κ1) is 16.5. The largest absolute Gasteiger partial charge is 0.314 e. The number of benzene rings is 1. The summed E-state index contributed by atoms with van der Waals surface area (Å²) in [6, 6.07) is 12.3. The van der Waals surface area contributed by atoms with Crippen molar-refractivity contribution in [1.29, 1.82) is 0 Å². The van der Waals surface area contributed by atoms with Gasteiger partial charge in [0.2, 0.25) is 0 Å². The molecule has 0 saturated carbocycles. The monoisotopic (exact) mass is 288 g/mol. The first-order valence-corrected chi connectivity index (χ1v) is 8.66. The van der Waals surface area contributed by atoms with Crippen molar-refractivity contribution in [2.45, 2.75) is 58.5 Å². The van der Waals surface area contributed by atoms with Crippen LogP contribution in [-0.4, -0.2) is 36.6 Å². The third-order valence-electron chi connectivity index (χ3n) is 4.75. The first-order chi connectivity index (χ1) is 10.1. The lowest BCUT2D eigenvalue weighted by atomic mass is 9.89. The zero-order chi connectivity index (χ0) is 15.1. The SMILES string of the molecule is CC(C)NCCC(C)N1CCC(Cc2ccccc2)CC1. The van der Waals surface area contributed by atoms with Crippen LogP contribution in [0.4, 0.5) is 0 Å². The molecule has 1 heterocycles. The highest BCUT2D eigenvalue weighted by molar-refractivity contribution is 5.15. The maximum absolute atomic E-state index is 3.53. The van der Waals surface area contributed by atoms with Crippen LogP contribution in [0.15, 0.2) is 30.3 Å². The maximum atomic E-state index is 3.53. The third-order valence-corrected chi connectivity index (χ3v) is 4.75. The van der Waals surface area contributed by atoms with E-state index >= 15 is 0 Å². The van der Waals surface area contributed by atoms with Crippen LogP contribution >= 0.6 is 0 Å². The number of hydrogen-bond donors (Lipinski definition) is 1. The van der Waals surface area contributed by atoms with Crippen LogP contribution in [0.5, 0.6) is 0 Å². The van der Waals surface area contributed by atoms with Gasteiger partial charge in [-0.15, -0.1) is 0 Å². The number of rotatable bonds is 7. The van der Waals surface area contributed by atoms with Gasteiger partial charge in [-0.3, -0.25) is 0 Å². The molecule has 2 nitrogen and oxygen atoms in total. The highest BCUT2D eigenvalue weighted by atomic mass is 15.2. The molecule has 1 aliphatic rings. The van der Waals surface area contributed by atoms with Crippen LogP contribution in [0.3, 0.4) is 0 Å². The molecule has 1 unspecified atom stereocenters. The van der Waals surface area contributed by atoms with Gasteiger partial charge in [0.25, 0.3) is 0 Å². The molecule has 21 heavy (non-hydrogen) atoms. The molecule has 1 fully saturated rings. The number of hydrogen-bond acceptors (Lipinski definition) is 2. The Balaban J connectivity index is 1.68. The second kappa shape index (κ2) is 8.55. The first-order valence-electron chi connectivity index (χ1n) is 8.66. The van der Waals surface area contributed by atoms with Crippen molar-refractivity contribution in [2.24, 2.45) is 5.92 Å². The molecule has 1 atom stereocenters. The molecule has 0 bridgehead atoms. The van der Waals surface area contributed by atoms with Crippen molar-refractivity contribution in [3.05, 3.63) is 35.9 Å². The van der Waals surface area contributed by atoms with Gasteiger partial charge in [-0.05, 0) is 63.7 Å². The normalized spacial score (nSPS) is 19.0. The molecule has 2 rings (SSSR count). The Morgan fingerprint density at radius 2 is 1.76 bits per heavy atom. The molecule has 0 radical (unpaired) electrons. The summed E-state index contributed by atoms with van der Waals surface area (Å²) in [7, 11) is 0. The summed E-state index contributed by atoms with van der Waals surface area (Å²) in [5, 5.41) is 3.53. The smallest absolute Gasteiger partial charge is 0.00790 e. The summed E-state index contributed by atoms with van der Waals surface area (Å²) >= 11 is 0. The van der Waals surface area contributed by atoms with E-state index in [4.69, 9.17) is 0 Å². The molecule has 0 aliphatic carbocycles. The number of nitrogens with zero attached hydrogens (tertiary/aromatic N) is 1. The van der Waals surface area contributed by atoms with Crippen LogP contribution in [0, 0.1) is 5.92 Å². The highest BCUT2D eigenvalue weighted by Crippen LogP contribution is 2.23. The standard InChI is InChI=1S/C19H32N2/c1-16(2)20-12-9-17(3)21-13-10-19(11-14-21)15-18-7-5-4-6-8-18/h4-8,16-17,19-20H,9-15H2,1-3H3. The zero-order valence-corrected chi connectivity index (χ0v) is 14.0. The molecular weight excluding hydrogens is 256 g/mol. The predicted octanol–water partition coefficient (Wildman–Crippen LogP) is 3.72. The van der Waals surface area contributed by atoms with Gasteiger partial charge in [-0.25, -0.2) is 0 Å². The van der Waals surface area contributed by atoms with Crippen LogP contribution < -0.4 is 5.32 Å². The summed E-state index contributed by atoms with van der Waals surface area (Å²) in [6.45, 7) is 10.5. The Kier molecular flexibility index (Phi) is 6.72. The van der Waals surface area contributed by atoms with Gasteiger partial charge in [0.05, 0.1) is 0 Å². The number of nitrogens with one attached hydrogen (secondary N) is 1. The molecule has 118 valence electrons. The third kappa shape index (κ3) is 5.80. The van der Waals surface area contributed by atoms with Crippen molar-refractivity contribution < 1.29 is 0 Å². The van der Waals surface area contributed by atoms with Crippen LogP contribution in [0.2, 0.25) is 0 Å². The predicted molar refractivity (Wildman–Crippen MR) is 91.7 cm³/mol. The van der Waals surface area contributed by atoms with Crippen molar-refractivity contribution >= 4 is 0 Å². The maximum Gasteiger partial charge on any atom is 0.00790 e. The second-order valence-electron chi connectivity index (χ2n) is 6.92. The summed E-state index contributed by atoms with van der Waals surface area (Å²) in [5.41, 5.74) is 1.50. The Bertz CT molecular complexity index is 380. The lowest BCUT2D eigenvalue weighted by Gasteiger charge is -2.36. The fraction of sp³-hybridized carbons (Fsp3) is 0.684. The molecular formula is C19H32N2. The van der Waals surface area contributed by atoms with Gasteiger partial charge < -0.3 is 10.2 Å². The summed E-state index contributed by atoms with van der Waals surface area (Å²) in [4.78, 5) is 2.68. The Hall–Kier alpha value is -0.860. The van der Waals surface area contributed by atoms with E-state index in [-0.39, 0.29) is 0 Å². The zero-order valence-electron chi connectivity index (χ0n) is 14.0. The Morgan fingerprint density at radius 3 is 2.38 bits per heavy atom. The average molecular weight is 288 g/mol. The summed E-state index contributed by atoms with van der Waals surface area (Å²) < 4.78 is 0. The highest BCUT2D eigenvalue weighted by Gasteiger charge is 2.22. The molecule has 1 aromatic carbocycles. The lowest BCUT2D eigenvalue weighted by Crippen LogP contribution is -2.42. The van der Waals surface area contributed by atoms with E-state index < -0.39 is 0 Å². The van der Waals surface area contributed by atoms with Gasteiger partial charge in [0.15, 0.2) is 0 Å². The molecule has 1 aliphatic heterocycles. The molecule has 1 aromatic rings. The van der Waals surface area contributed by atoms with Crippen LogP contribution in [-0.2, 0) is 6.42 Å². The van der Waals surface area contributed by atoms with Crippen molar-refractivity contribution in [1.82, 2.24) is 10.2 Å². The van der Waals surface area contributed by atoms with Crippen molar-refractivity contribution in [3.63, 3.8) is 0 Å². The quantitative estimate of drug-likeness (QED) is 0.822. The van der Waals surface area contributed by atoms with E-state index in [0.717, 1.165) is 12.5 Å². The fourth-order valence-electron chi connectivity index (χ4n) is 3.31. The van der Waals surface area contributed by atoms with Gasteiger partial charge >= 0.3 is 0 Å². The molecule has 0 aromatic heterocycles. The van der Waals surface area contributed by atoms with Crippen LogP contribution in [0.25, 0.3) is 0 Å². The molecule has 2 heteroatoms. The van der Waals surface area contributed by atoms with Crippen molar-refractivity contribution in [3.8, 4) is 0 Å². The molecule has 1 N–H and O–H groups in total. The minimum absolute atomic E-state index is 0.605. The minimum Gasteiger partial charge on any atom is -0.314 e. The Morgan fingerprint density at radius 1 is 1.10 bits per heavy atom. The van der Waals surface area contributed by atoms with E-state index in [9.17, 15) is 0 Å². The van der Waals surface area contributed by atoms with Gasteiger partial charge in [0, 0.05) is 12.1 Å². The summed E-state index contributed by atoms with van der Waals surface area (Å²) in [6.07, 6.45) is 5.24. The fourth-order valence-corrected chi connectivity index (χ4v) is 3.31. The number of likely N-dealkylation sites (tertiary alicyclic amines) is 1. The van der Waals surface area contributed by atoms with E-state index in [1.54, 1.807) is 0 Å².